The summed E-state index contributed by atoms with van der Waals surface area (Å²) in [6.07, 6.45) is -0.470. The summed E-state index contributed by atoms with van der Waals surface area (Å²) in [5, 5.41) is 11.1. The Bertz CT molecular complexity index is 775. The molecule has 3 heteroatoms. The van der Waals surface area contributed by atoms with Crippen molar-refractivity contribution in [3.8, 4) is 0 Å². The number of aliphatic hydroxyl groups excluding tert-OH is 1. The number of aliphatic hydroxyl groups is 1. The molecular formula is C17H14O3. The number of fused-ring (bicyclic) bond motifs is 1. The molecule has 0 aliphatic heterocycles. The minimum atomic E-state index is -0.863. The van der Waals surface area contributed by atoms with Gasteiger partial charge in [-0.15, -0.1) is 0 Å². The van der Waals surface area contributed by atoms with Crippen LogP contribution in [0.2, 0.25) is 0 Å². The number of hydrogen-bond acceptors (Lipinski definition) is 3. The second-order valence-electron chi connectivity index (χ2n) is 4.73. The SMILES string of the molecule is O=c1oc2ccccc2cc1C(O)Cc1ccccc1. The lowest BCUT2D eigenvalue weighted by Gasteiger charge is -2.10. The van der Waals surface area contributed by atoms with Gasteiger partial charge < -0.3 is 9.52 Å². The lowest BCUT2D eigenvalue weighted by Crippen LogP contribution is -2.14. The van der Waals surface area contributed by atoms with Gasteiger partial charge in [0.05, 0.1) is 11.7 Å². The summed E-state index contributed by atoms with van der Waals surface area (Å²) in [7, 11) is 0. The van der Waals surface area contributed by atoms with E-state index in [1.54, 1.807) is 12.1 Å². The van der Waals surface area contributed by atoms with Gasteiger partial charge in [-0.1, -0.05) is 48.5 Å². The first-order valence-corrected chi connectivity index (χ1v) is 6.49. The highest BCUT2D eigenvalue weighted by Crippen LogP contribution is 2.19. The maximum absolute atomic E-state index is 11.9. The molecule has 100 valence electrons. The zero-order valence-corrected chi connectivity index (χ0v) is 10.8. The van der Waals surface area contributed by atoms with Gasteiger partial charge >= 0.3 is 5.63 Å². The summed E-state index contributed by atoms with van der Waals surface area (Å²) in [5.41, 5.74) is 1.33. The van der Waals surface area contributed by atoms with E-state index in [9.17, 15) is 9.90 Å². The van der Waals surface area contributed by atoms with Crippen LogP contribution in [0.4, 0.5) is 0 Å². The highest BCUT2D eigenvalue weighted by molar-refractivity contribution is 5.76. The van der Waals surface area contributed by atoms with E-state index < -0.39 is 11.7 Å². The van der Waals surface area contributed by atoms with Crippen LogP contribution in [0.25, 0.3) is 11.0 Å². The first-order valence-electron chi connectivity index (χ1n) is 6.49. The Morgan fingerprint density at radius 2 is 1.70 bits per heavy atom. The smallest absolute Gasteiger partial charge is 0.342 e. The van der Waals surface area contributed by atoms with Crippen molar-refractivity contribution in [3.05, 3.63) is 82.2 Å². The lowest BCUT2D eigenvalue weighted by atomic mass is 10.0. The summed E-state index contributed by atoms with van der Waals surface area (Å²) in [6.45, 7) is 0. The third-order valence-electron chi connectivity index (χ3n) is 3.30. The standard InChI is InChI=1S/C17H14O3/c18-15(10-12-6-2-1-3-7-12)14-11-13-8-4-5-9-16(13)20-17(14)19/h1-9,11,15,18H,10H2. The van der Waals surface area contributed by atoms with Crippen molar-refractivity contribution in [3.63, 3.8) is 0 Å². The minimum absolute atomic E-state index is 0.299. The zero-order valence-electron chi connectivity index (χ0n) is 10.8. The first-order chi connectivity index (χ1) is 9.74. The van der Waals surface area contributed by atoms with Crippen molar-refractivity contribution in [2.75, 3.05) is 0 Å². The van der Waals surface area contributed by atoms with Crippen LogP contribution >= 0.6 is 0 Å². The molecule has 0 saturated heterocycles. The van der Waals surface area contributed by atoms with Gasteiger partial charge in [0.2, 0.25) is 0 Å². The Labute approximate surface area is 116 Å². The Balaban J connectivity index is 1.97. The predicted molar refractivity (Wildman–Crippen MR) is 77.6 cm³/mol. The Kier molecular flexibility index (Phi) is 3.35. The van der Waals surface area contributed by atoms with Crippen LogP contribution in [-0.2, 0) is 6.42 Å². The Morgan fingerprint density at radius 3 is 2.50 bits per heavy atom. The summed E-state index contributed by atoms with van der Waals surface area (Å²) >= 11 is 0. The monoisotopic (exact) mass is 266 g/mol. The lowest BCUT2D eigenvalue weighted by molar-refractivity contribution is 0.174. The van der Waals surface area contributed by atoms with E-state index in [1.807, 2.05) is 48.5 Å². The van der Waals surface area contributed by atoms with Crippen LogP contribution < -0.4 is 5.63 Å². The van der Waals surface area contributed by atoms with E-state index in [-0.39, 0.29) is 0 Å². The fraction of sp³-hybridized carbons (Fsp3) is 0.118. The van der Waals surface area contributed by atoms with Gasteiger partial charge in [0.25, 0.3) is 0 Å². The molecule has 1 heterocycles. The van der Waals surface area contributed by atoms with Gasteiger partial charge in [0.1, 0.15) is 5.58 Å². The highest BCUT2D eigenvalue weighted by atomic mass is 16.4. The van der Waals surface area contributed by atoms with Gasteiger partial charge in [-0.25, -0.2) is 4.79 Å². The second kappa shape index (κ2) is 5.31. The third kappa shape index (κ3) is 2.49. The molecule has 1 N–H and O–H groups in total. The van der Waals surface area contributed by atoms with Gasteiger partial charge in [-0.05, 0) is 17.7 Å². The minimum Gasteiger partial charge on any atom is -0.422 e. The molecule has 1 aromatic heterocycles. The van der Waals surface area contributed by atoms with Crippen molar-refractivity contribution in [1.82, 2.24) is 0 Å². The van der Waals surface area contributed by atoms with Crippen LogP contribution in [0.3, 0.4) is 0 Å². The molecular weight excluding hydrogens is 252 g/mol. The molecule has 0 fully saturated rings. The van der Waals surface area contributed by atoms with Crippen LogP contribution in [0.15, 0.2) is 69.9 Å². The van der Waals surface area contributed by atoms with E-state index in [1.165, 1.54) is 0 Å². The molecule has 3 rings (SSSR count). The number of para-hydroxylation sites is 1. The van der Waals surface area contributed by atoms with Gasteiger partial charge in [0.15, 0.2) is 0 Å². The topological polar surface area (TPSA) is 50.4 Å². The normalized spacial score (nSPS) is 12.4. The molecule has 3 aromatic rings. The molecule has 0 bridgehead atoms. The predicted octanol–water partition coefficient (Wildman–Crippen LogP) is 3.07. The van der Waals surface area contributed by atoms with E-state index in [0.29, 0.717) is 17.6 Å². The van der Waals surface area contributed by atoms with E-state index >= 15 is 0 Å². The summed E-state index contributed by atoms with van der Waals surface area (Å²) in [4.78, 5) is 11.9. The fourth-order valence-corrected chi connectivity index (χ4v) is 2.26. The molecule has 0 aliphatic carbocycles. The number of benzene rings is 2. The van der Waals surface area contributed by atoms with E-state index in [2.05, 4.69) is 0 Å². The van der Waals surface area contributed by atoms with Crippen molar-refractivity contribution < 1.29 is 9.52 Å². The molecule has 0 radical (unpaired) electrons. The zero-order chi connectivity index (χ0) is 13.9. The van der Waals surface area contributed by atoms with Crippen LogP contribution in [0, 0.1) is 0 Å². The molecule has 0 amide bonds. The van der Waals surface area contributed by atoms with Crippen molar-refractivity contribution >= 4 is 11.0 Å². The molecule has 1 atom stereocenters. The van der Waals surface area contributed by atoms with E-state index in [4.69, 9.17) is 4.42 Å². The van der Waals surface area contributed by atoms with E-state index in [0.717, 1.165) is 10.9 Å². The molecule has 1 unspecified atom stereocenters. The van der Waals surface area contributed by atoms with Crippen molar-refractivity contribution in [2.24, 2.45) is 0 Å². The molecule has 20 heavy (non-hydrogen) atoms. The van der Waals surface area contributed by atoms with Crippen LogP contribution in [0.5, 0.6) is 0 Å². The number of hydrogen-bond donors (Lipinski definition) is 1. The van der Waals surface area contributed by atoms with Gasteiger partial charge in [-0.2, -0.15) is 0 Å². The summed E-state index contributed by atoms with van der Waals surface area (Å²) in [5.74, 6) is 0. The molecule has 2 aromatic carbocycles. The Morgan fingerprint density at radius 1 is 1.00 bits per heavy atom. The molecule has 0 aliphatic rings. The quantitative estimate of drug-likeness (QED) is 0.741. The molecule has 3 nitrogen and oxygen atoms in total. The fourth-order valence-electron chi connectivity index (χ4n) is 2.26. The Hall–Kier alpha value is -2.39. The number of rotatable bonds is 3. The second-order valence-corrected chi connectivity index (χ2v) is 4.73. The third-order valence-corrected chi connectivity index (χ3v) is 3.30. The van der Waals surface area contributed by atoms with Crippen molar-refractivity contribution in [1.29, 1.82) is 0 Å². The maximum atomic E-state index is 11.9. The average molecular weight is 266 g/mol. The highest BCUT2D eigenvalue weighted by Gasteiger charge is 2.15. The maximum Gasteiger partial charge on any atom is 0.342 e. The van der Waals surface area contributed by atoms with Crippen molar-refractivity contribution in [2.45, 2.75) is 12.5 Å². The average Bonchev–Trinajstić information content (AvgIpc) is 2.47. The molecule has 0 saturated carbocycles. The summed E-state index contributed by atoms with van der Waals surface area (Å²) < 4.78 is 5.24. The van der Waals surface area contributed by atoms with Gasteiger partial charge in [0, 0.05) is 11.8 Å². The summed E-state index contributed by atoms with van der Waals surface area (Å²) in [6, 6.07) is 18.6. The largest absolute Gasteiger partial charge is 0.422 e. The van der Waals surface area contributed by atoms with Gasteiger partial charge in [-0.3, -0.25) is 0 Å². The molecule has 0 spiro atoms. The van der Waals surface area contributed by atoms with Crippen LogP contribution in [-0.4, -0.2) is 5.11 Å². The first kappa shape index (κ1) is 12.6. The van der Waals surface area contributed by atoms with Crippen LogP contribution in [0.1, 0.15) is 17.2 Å².